The van der Waals surface area contributed by atoms with Crippen molar-refractivity contribution in [2.24, 2.45) is 0 Å². The van der Waals surface area contributed by atoms with Gasteiger partial charge in [0, 0.05) is 24.0 Å². The van der Waals surface area contributed by atoms with Crippen LogP contribution < -0.4 is 5.32 Å². The number of nitrogens with zero attached hydrogens (tertiary/aromatic N) is 1. The highest BCUT2D eigenvalue weighted by Gasteiger charge is 2.46. The molecule has 2 fully saturated rings. The molecule has 24 heavy (non-hydrogen) atoms. The molecule has 2 aliphatic heterocycles. The second-order valence-corrected chi connectivity index (χ2v) is 7.52. The van der Waals surface area contributed by atoms with E-state index >= 15 is 0 Å². The van der Waals surface area contributed by atoms with Gasteiger partial charge in [0.1, 0.15) is 0 Å². The Morgan fingerprint density at radius 3 is 2.58 bits per heavy atom. The minimum atomic E-state index is -0.150. The van der Waals surface area contributed by atoms with E-state index in [2.05, 4.69) is 5.32 Å². The van der Waals surface area contributed by atoms with Gasteiger partial charge in [-0.2, -0.15) is 11.3 Å². The number of carbonyl (C=O) groups excluding carboxylic acids is 2. The van der Waals surface area contributed by atoms with Crippen LogP contribution in [-0.4, -0.2) is 35.3 Å². The lowest BCUT2D eigenvalue weighted by molar-refractivity contribution is -0.121. The highest BCUT2D eigenvalue weighted by Crippen LogP contribution is 2.39. The van der Waals surface area contributed by atoms with Crippen LogP contribution in [0.25, 0.3) is 0 Å². The molecule has 0 radical (unpaired) electrons. The predicted octanol–water partition coefficient (Wildman–Crippen LogP) is 3.03. The highest BCUT2D eigenvalue weighted by molar-refractivity contribution is 7.08. The molecule has 1 spiro atoms. The molecule has 1 aromatic heterocycles. The predicted molar refractivity (Wildman–Crippen MR) is 94.1 cm³/mol. The Kier molecular flexibility index (Phi) is 3.88. The van der Waals surface area contributed by atoms with Crippen molar-refractivity contribution in [3.63, 3.8) is 0 Å². The van der Waals surface area contributed by atoms with Crippen LogP contribution >= 0.6 is 11.3 Å². The van der Waals surface area contributed by atoms with Crippen molar-refractivity contribution in [2.75, 3.05) is 13.1 Å². The Morgan fingerprint density at radius 1 is 1.17 bits per heavy atom. The van der Waals surface area contributed by atoms with Crippen molar-refractivity contribution >= 4 is 23.2 Å². The normalized spacial score (nSPS) is 22.6. The quantitative estimate of drug-likeness (QED) is 0.913. The SMILES string of the molecule is O=C1NC2(CCN(C(=O)c3ccsc3)CC2)CC1c1ccccc1. The van der Waals surface area contributed by atoms with E-state index in [0.29, 0.717) is 13.1 Å². The first kappa shape index (κ1) is 15.4. The van der Waals surface area contributed by atoms with Crippen LogP contribution in [0.4, 0.5) is 0 Å². The first-order valence-electron chi connectivity index (χ1n) is 8.35. The van der Waals surface area contributed by atoms with Crippen LogP contribution in [0.1, 0.15) is 41.1 Å². The zero-order chi connectivity index (χ0) is 16.6. The molecular formula is C19H20N2O2S. The van der Waals surface area contributed by atoms with Crippen LogP contribution in [0.5, 0.6) is 0 Å². The second kappa shape index (κ2) is 6.06. The van der Waals surface area contributed by atoms with Gasteiger partial charge in [-0.3, -0.25) is 9.59 Å². The van der Waals surface area contributed by atoms with Crippen LogP contribution in [-0.2, 0) is 4.79 Å². The third kappa shape index (κ3) is 2.73. The Labute approximate surface area is 145 Å². The average Bonchev–Trinajstić information content (AvgIpc) is 3.25. The summed E-state index contributed by atoms with van der Waals surface area (Å²) in [5.74, 6) is 0.166. The molecule has 1 aromatic carbocycles. The third-order valence-corrected chi connectivity index (χ3v) is 5.96. The summed E-state index contributed by atoms with van der Waals surface area (Å²) in [5, 5.41) is 7.07. The third-order valence-electron chi connectivity index (χ3n) is 5.28. The summed E-state index contributed by atoms with van der Waals surface area (Å²) >= 11 is 1.54. The smallest absolute Gasteiger partial charge is 0.254 e. The monoisotopic (exact) mass is 340 g/mol. The van der Waals surface area contributed by atoms with Crippen molar-refractivity contribution in [3.8, 4) is 0 Å². The second-order valence-electron chi connectivity index (χ2n) is 6.74. The Bertz CT molecular complexity index is 734. The van der Waals surface area contributed by atoms with Gasteiger partial charge in [0.05, 0.1) is 11.5 Å². The van der Waals surface area contributed by atoms with E-state index in [1.54, 1.807) is 11.3 Å². The van der Waals surface area contributed by atoms with Gasteiger partial charge < -0.3 is 10.2 Å². The summed E-state index contributed by atoms with van der Waals surface area (Å²) in [5.41, 5.74) is 1.71. The van der Waals surface area contributed by atoms with Gasteiger partial charge in [-0.05, 0) is 36.3 Å². The van der Waals surface area contributed by atoms with Gasteiger partial charge >= 0.3 is 0 Å². The first-order chi connectivity index (χ1) is 11.7. The van der Waals surface area contributed by atoms with Gasteiger partial charge in [0.25, 0.3) is 5.91 Å². The first-order valence-corrected chi connectivity index (χ1v) is 9.30. The lowest BCUT2D eigenvalue weighted by Gasteiger charge is -2.39. The molecule has 0 saturated carbocycles. The fourth-order valence-electron chi connectivity index (χ4n) is 3.87. The van der Waals surface area contributed by atoms with Gasteiger partial charge in [-0.15, -0.1) is 0 Å². The molecule has 2 saturated heterocycles. The number of amides is 2. The lowest BCUT2D eigenvalue weighted by Crippen LogP contribution is -2.52. The van der Waals surface area contributed by atoms with Gasteiger partial charge in [-0.25, -0.2) is 0 Å². The van der Waals surface area contributed by atoms with E-state index in [-0.39, 0.29) is 23.3 Å². The number of rotatable bonds is 2. The summed E-state index contributed by atoms with van der Waals surface area (Å²) in [4.78, 5) is 26.8. The van der Waals surface area contributed by atoms with Crippen LogP contribution in [0.3, 0.4) is 0 Å². The number of thiophene rings is 1. The van der Waals surface area contributed by atoms with Crippen molar-refractivity contribution in [3.05, 3.63) is 58.3 Å². The maximum absolute atomic E-state index is 12.5. The fourth-order valence-corrected chi connectivity index (χ4v) is 4.50. The number of piperidine rings is 1. The molecule has 2 aromatic rings. The number of nitrogens with one attached hydrogen (secondary N) is 1. The molecule has 5 heteroatoms. The van der Waals surface area contributed by atoms with Crippen LogP contribution in [0.2, 0.25) is 0 Å². The molecule has 4 rings (SSSR count). The Balaban J connectivity index is 1.44. The van der Waals surface area contributed by atoms with E-state index in [1.807, 2.05) is 52.1 Å². The molecule has 0 bridgehead atoms. The van der Waals surface area contributed by atoms with Gasteiger partial charge in [0.15, 0.2) is 0 Å². The zero-order valence-electron chi connectivity index (χ0n) is 13.4. The molecule has 1 N–H and O–H groups in total. The van der Waals surface area contributed by atoms with E-state index in [0.717, 1.165) is 30.4 Å². The fraction of sp³-hybridized carbons (Fsp3) is 0.368. The van der Waals surface area contributed by atoms with Crippen molar-refractivity contribution in [2.45, 2.75) is 30.7 Å². The molecule has 3 heterocycles. The van der Waals surface area contributed by atoms with Crippen LogP contribution in [0, 0.1) is 0 Å². The number of benzene rings is 1. The van der Waals surface area contributed by atoms with Gasteiger partial charge in [0.2, 0.25) is 5.91 Å². The lowest BCUT2D eigenvalue weighted by atomic mass is 9.82. The van der Waals surface area contributed by atoms with Crippen molar-refractivity contribution in [1.29, 1.82) is 0 Å². The summed E-state index contributed by atoms with van der Waals surface area (Å²) in [6.07, 6.45) is 2.49. The van der Waals surface area contributed by atoms with Gasteiger partial charge in [-0.1, -0.05) is 30.3 Å². The topological polar surface area (TPSA) is 49.4 Å². The molecule has 0 aliphatic carbocycles. The minimum Gasteiger partial charge on any atom is -0.350 e. The molecule has 2 amide bonds. The number of hydrogen-bond donors (Lipinski definition) is 1. The molecule has 1 atom stereocenters. The minimum absolute atomic E-state index is 0.0645. The summed E-state index contributed by atoms with van der Waals surface area (Å²) in [6, 6.07) is 11.9. The molecule has 4 nitrogen and oxygen atoms in total. The van der Waals surface area contributed by atoms with Crippen molar-refractivity contribution < 1.29 is 9.59 Å². The Morgan fingerprint density at radius 2 is 1.92 bits per heavy atom. The number of hydrogen-bond acceptors (Lipinski definition) is 3. The Hall–Kier alpha value is -2.14. The van der Waals surface area contributed by atoms with E-state index in [1.165, 1.54) is 0 Å². The van der Waals surface area contributed by atoms with Crippen molar-refractivity contribution in [1.82, 2.24) is 10.2 Å². The van der Waals surface area contributed by atoms with E-state index in [4.69, 9.17) is 0 Å². The summed E-state index contributed by atoms with van der Waals surface area (Å²) in [7, 11) is 0. The molecule has 1 unspecified atom stereocenters. The summed E-state index contributed by atoms with van der Waals surface area (Å²) < 4.78 is 0. The number of likely N-dealkylation sites (tertiary alicyclic amines) is 1. The molecule has 124 valence electrons. The van der Waals surface area contributed by atoms with Crippen LogP contribution in [0.15, 0.2) is 47.2 Å². The number of carbonyl (C=O) groups is 2. The molecule has 2 aliphatic rings. The zero-order valence-corrected chi connectivity index (χ0v) is 14.2. The maximum atomic E-state index is 12.5. The molecular weight excluding hydrogens is 320 g/mol. The standard InChI is InChI=1S/C19H20N2O2S/c22-17-16(14-4-2-1-3-5-14)12-19(20-17)7-9-21(10-8-19)18(23)15-6-11-24-13-15/h1-6,11,13,16H,7-10,12H2,(H,20,22). The highest BCUT2D eigenvalue weighted by atomic mass is 32.1. The summed E-state index contributed by atoms with van der Waals surface area (Å²) in [6.45, 7) is 1.41. The van der Waals surface area contributed by atoms with E-state index in [9.17, 15) is 9.59 Å². The average molecular weight is 340 g/mol. The van der Waals surface area contributed by atoms with E-state index < -0.39 is 0 Å². The maximum Gasteiger partial charge on any atom is 0.254 e. The largest absolute Gasteiger partial charge is 0.350 e.